The number of primary amides is 1. The molecule has 9 heteroatoms. The number of rotatable bonds is 6. The van der Waals surface area contributed by atoms with Gasteiger partial charge in [-0.1, -0.05) is 6.07 Å². The van der Waals surface area contributed by atoms with E-state index in [9.17, 15) is 4.79 Å². The number of benzene rings is 1. The molecule has 168 valence electrons. The molecule has 0 saturated carbocycles. The Morgan fingerprint density at radius 3 is 2.45 bits per heavy atom. The van der Waals surface area contributed by atoms with Gasteiger partial charge in [0.15, 0.2) is 5.65 Å². The fourth-order valence-corrected chi connectivity index (χ4v) is 4.02. The van der Waals surface area contributed by atoms with E-state index in [1.807, 2.05) is 38.1 Å². The normalized spacial score (nSPS) is 11.6. The molecule has 33 heavy (non-hydrogen) atoms. The minimum atomic E-state index is -0.679. The van der Waals surface area contributed by atoms with Crippen LogP contribution in [-0.4, -0.2) is 39.6 Å². The molecule has 0 aliphatic heterocycles. The van der Waals surface area contributed by atoms with Crippen LogP contribution in [0.25, 0.3) is 28.6 Å². The summed E-state index contributed by atoms with van der Waals surface area (Å²) < 4.78 is 12.8. The number of amides is 1. The molecule has 4 N–H and O–H groups in total. The van der Waals surface area contributed by atoms with Crippen LogP contribution in [0.15, 0.2) is 43.0 Å². The van der Waals surface area contributed by atoms with Crippen LogP contribution >= 0.6 is 0 Å². The molecule has 4 aromatic rings. The number of methoxy groups -OCH3 is 2. The summed E-state index contributed by atoms with van der Waals surface area (Å²) in [5.41, 5.74) is 16.7. The van der Waals surface area contributed by atoms with Crippen LogP contribution in [0.3, 0.4) is 0 Å². The molecule has 0 fully saturated rings. The third-order valence-corrected chi connectivity index (χ3v) is 5.54. The summed E-state index contributed by atoms with van der Waals surface area (Å²) in [5.74, 6) is 0.718. The number of nitrogens with two attached hydrogens (primary N) is 2. The fourth-order valence-electron chi connectivity index (χ4n) is 4.02. The maximum absolute atomic E-state index is 12.5. The lowest BCUT2D eigenvalue weighted by Crippen LogP contribution is -2.14. The second-order valence-corrected chi connectivity index (χ2v) is 7.42. The first-order valence-corrected chi connectivity index (χ1v) is 10.1. The third kappa shape index (κ3) is 3.63. The number of pyridine rings is 1. The number of nitrogens with zero attached hydrogens (tertiary/aromatic N) is 4. The largest absolute Gasteiger partial charge is 0.496 e. The zero-order chi connectivity index (χ0) is 23.7. The lowest BCUT2D eigenvalue weighted by Gasteiger charge is -2.16. The first-order valence-electron chi connectivity index (χ1n) is 10.1. The van der Waals surface area contributed by atoms with Crippen LogP contribution in [0.1, 0.15) is 32.7 Å². The molecule has 1 amide bonds. The molecule has 0 unspecified atom stereocenters. The molecule has 4 rings (SSSR count). The highest BCUT2D eigenvalue weighted by Crippen LogP contribution is 2.37. The van der Waals surface area contributed by atoms with Crippen molar-refractivity contribution in [2.24, 2.45) is 5.73 Å². The second-order valence-electron chi connectivity index (χ2n) is 7.42. The lowest BCUT2D eigenvalue weighted by atomic mass is 10.1. The van der Waals surface area contributed by atoms with Crippen molar-refractivity contribution in [3.63, 3.8) is 0 Å². The average molecular weight is 444 g/mol. The Kier molecular flexibility index (Phi) is 5.70. The predicted molar refractivity (Wildman–Crippen MR) is 127 cm³/mol. The second kappa shape index (κ2) is 8.62. The summed E-state index contributed by atoms with van der Waals surface area (Å²) in [6.45, 7) is 3.87. The SMILES string of the molecule is COC(=Cc1ncnc2c1c(C(N)=O)c(N)n2-c1c(C)ccc(OC)c1C)c1ccncc1. The average Bonchev–Trinajstić information content (AvgIpc) is 3.11. The van der Waals surface area contributed by atoms with Crippen molar-refractivity contribution >= 4 is 34.6 Å². The first-order chi connectivity index (χ1) is 15.9. The summed E-state index contributed by atoms with van der Waals surface area (Å²) in [4.78, 5) is 25.4. The van der Waals surface area contributed by atoms with E-state index in [-0.39, 0.29) is 11.4 Å². The molecule has 0 spiro atoms. The van der Waals surface area contributed by atoms with Crippen molar-refractivity contribution in [1.82, 2.24) is 19.5 Å². The van der Waals surface area contributed by atoms with Crippen molar-refractivity contribution in [3.8, 4) is 11.4 Å². The number of fused-ring (bicyclic) bond motifs is 1. The van der Waals surface area contributed by atoms with Crippen molar-refractivity contribution < 1.29 is 14.3 Å². The highest BCUT2D eigenvalue weighted by Gasteiger charge is 2.26. The van der Waals surface area contributed by atoms with E-state index in [2.05, 4.69) is 15.0 Å². The minimum absolute atomic E-state index is 0.142. The van der Waals surface area contributed by atoms with Crippen molar-refractivity contribution in [1.29, 1.82) is 0 Å². The van der Waals surface area contributed by atoms with E-state index in [0.717, 1.165) is 22.4 Å². The molecule has 0 atom stereocenters. The number of hydrogen-bond acceptors (Lipinski definition) is 7. The van der Waals surface area contributed by atoms with Gasteiger partial charge in [-0.15, -0.1) is 0 Å². The van der Waals surface area contributed by atoms with E-state index in [1.54, 1.807) is 37.3 Å². The predicted octanol–water partition coefficient (Wildman–Crippen LogP) is 3.27. The van der Waals surface area contributed by atoms with Crippen LogP contribution in [0.4, 0.5) is 5.82 Å². The monoisotopic (exact) mass is 444 g/mol. The Hall–Kier alpha value is -4.40. The van der Waals surface area contributed by atoms with Gasteiger partial charge < -0.3 is 20.9 Å². The van der Waals surface area contributed by atoms with Gasteiger partial charge in [-0.3, -0.25) is 14.3 Å². The number of anilines is 1. The van der Waals surface area contributed by atoms with Crippen LogP contribution in [0.2, 0.25) is 0 Å². The van der Waals surface area contributed by atoms with Gasteiger partial charge in [0.1, 0.15) is 23.7 Å². The molecule has 0 radical (unpaired) electrons. The summed E-state index contributed by atoms with van der Waals surface area (Å²) in [6, 6.07) is 7.43. The first kappa shape index (κ1) is 21.8. The molecule has 9 nitrogen and oxygen atoms in total. The summed E-state index contributed by atoms with van der Waals surface area (Å²) in [7, 11) is 3.16. The van der Waals surface area contributed by atoms with Gasteiger partial charge in [0.05, 0.1) is 36.6 Å². The number of hydrogen-bond donors (Lipinski definition) is 2. The number of carbonyl (C=O) groups excluding carboxylic acids is 1. The van der Waals surface area contributed by atoms with Gasteiger partial charge in [0.25, 0.3) is 5.91 Å². The standard InChI is InChI=1S/C24H24N6O3/c1-13-5-6-17(32-3)14(2)21(13)30-22(25)20(23(26)31)19-16(28-12-29-24(19)30)11-18(33-4)15-7-9-27-10-8-15/h5-12H,25H2,1-4H3,(H2,26,31). The Balaban J connectivity index is 2.08. The lowest BCUT2D eigenvalue weighted by molar-refractivity contribution is 0.100. The van der Waals surface area contributed by atoms with Gasteiger partial charge in [0, 0.05) is 29.6 Å². The van der Waals surface area contributed by atoms with Crippen molar-refractivity contribution in [2.45, 2.75) is 13.8 Å². The van der Waals surface area contributed by atoms with E-state index in [4.69, 9.17) is 20.9 Å². The zero-order valence-corrected chi connectivity index (χ0v) is 18.8. The van der Waals surface area contributed by atoms with Crippen LogP contribution in [0.5, 0.6) is 5.75 Å². The van der Waals surface area contributed by atoms with Gasteiger partial charge >= 0.3 is 0 Å². The smallest absolute Gasteiger partial charge is 0.253 e. The van der Waals surface area contributed by atoms with Crippen molar-refractivity contribution in [3.05, 3.63) is 70.9 Å². The van der Waals surface area contributed by atoms with Gasteiger partial charge in [0.2, 0.25) is 0 Å². The van der Waals surface area contributed by atoms with Crippen LogP contribution in [0, 0.1) is 13.8 Å². The fraction of sp³-hybridized carbons (Fsp3) is 0.167. The Morgan fingerprint density at radius 2 is 1.82 bits per heavy atom. The number of aryl methyl sites for hydroxylation is 1. The Bertz CT molecular complexity index is 1390. The minimum Gasteiger partial charge on any atom is -0.496 e. The molecule has 0 saturated heterocycles. The summed E-state index contributed by atoms with van der Waals surface area (Å²) >= 11 is 0. The van der Waals surface area contributed by atoms with Crippen LogP contribution < -0.4 is 16.2 Å². The quantitative estimate of drug-likeness (QED) is 0.436. The summed E-state index contributed by atoms with van der Waals surface area (Å²) in [5, 5.41) is 0.438. The van der Waals surface area contributed by atoms with Crippen LogP contribution in [-0.2, 0) is 4.74 Å². The molecule has 1 aromatic carbocycles. The molecular formula is C24H24N6O3. The maximum Gasteiger partial charge on any atom is 0.253 e. The van der Waals surface area contributed by atoms with E-state index < -0.39 is 5.91 Å². The molecule has 3 heterocycles. The molecule has 0 aliphatic rings. The van der Waals surface area contributed by atoms with E-state index in [1.165, 1.54) is 6.33 Å². The van der Waals surface area contributed by atoms with Gasteiger partial charge in [-0.05, 0) is 37.6 Å². The topological polar surface area (TPSA) is 131 Å². The number of nitrogen functional groups attached to an aromatic ring is 1. The van der Waals surface area contributed by atoms with Gasteiger partial charge in [-0.2, -0.15) is 0 Å². The van der Waals surface area contributed by atoms with E-state index in [0.29, 0.717) is 28.2 Å². The highest BCUT2D eigenvalue weighted by molar-refractivity contribution is 6.13. The maximum atomic E-state index is 12.5. The molecular weight excluding hydrogens is 420 g/mol. The molecule has 0 bridgehead atoms. The summed E-state index contributed by atoms with van der Waals surface area (Å²) in [6.07, 6.45) is 6.46. The van der Waals surface area contributed by atoms with Crippen molar-refractivity contribution in [2.75, 3.05) is 20.0 Å². The number of aromatic nitrogens is 4. The Labute approximate surface area is 190 Å². The molecule has 3 aromatic heterocycles. The third-order valence-electron chi connectivity index (χ3n) is 5.54. The highest BCUT2D eigenvalue weighted by atomic mass is 16.5. The Morgan fingerprint density at radius 1 is 1.09 bits per heavy atom. The number of carbonyl (C=O) groups is 1. The number of ether oxygens (including phenoxy) is 2. The van der Waals surface area contributed by atoms with E-state index >= 15 is 0 Å². The van der Waals surface area contributed by atoms with Gasteiger partial charge in [-0.25, -0.2) is 9.97 Å². The zero-order valence-electron chi connectivity index (χ0n) is 18.8. The molecule has 0 aliphatic carbocycles.